The minimum absolute atomic E-state index is 0.142. The lowest BCUT2D eigenvalue weighted by Gasteiger charge is -2.13. The van der Waals surface area contributed by atoms with Crippen molar-refractivity contribution in [3.05, 3.63) is 28.2 Å². The average molecular weight is 314 g/mol. The molecule has 0 aliphatic carbocycles. The van der Waals surface area contributed by atoms with Crippen molar-refractivity contribution in [2.24, 2.45) is 0 Å². The molecule has 0 unspecified atom stereocenters. The summed E-state index contributed by atoms with van der Waals surface area (Å²) < 4.78 is 25.6. The Hall–Kier alpha value is -0.860. The minimum atomic E-state index is -4.23. The predicted molar refractivity (Wildman–Crippen MR) is 65.3 cm³/mol. The molecule has 18 heavy (non-hydrogen) atoms. The molecule has 1 aromatic rings. The Labute approximate surface area is 113 Å². The molecule has 0 aliphatic rings. The number of rotatable bonds is 5. The molecule has 0 heterocycles. The smallest absolute Gasteiger partial charge is 0.324 e. The first-order valence-electron chi connectivity index (χ1n) is 4.59. The maximum atomic E-state index is 11.9. The summed E-state index contributed by atoms with van der Waals surface area (Å²) in [6.07, 6.45) is 0. The summed E-state index contributed by atoms with van der Waals surface area (Å²) in [5, 5.41) is 17.2. The number of aliphatic carboxylic acids is 1. The lowest BCUT2D eigenvalue weighted by molar-refractivity contribution is -0.139. The summed E-state index contributed by atoms with van der Waals surface area (Å²) >= 11 is 11.4. The van der Waals surface area contributed by atoms with Crippen molar-refractivity contribution in [1.29, 1.82) is 0 Å². The highest BCUT2D eigenvalue weighted by Gasteiger charge is 2.28. The molecule has 1 atom stereocenters. The fraction of sp³-hybridized carbons (Fsp3) is 0.222. The van der Waals surface area contributed by atoms with E-state index in [1.54, 1.807) is 4.72 Å². The molecule has 0 aliphatic heterocycles. The lowest BCUT2D eigenvalue weighted by Crippen LogP contribution is -2.43. The normalized spacial score (nSPS) is 13.3. The van der Waals surface area contributed by atoms with Crippen molar-refractivity contribution >= 4 is 39.2 Å². The molecule has 0 aromatic heterocycles. The summed E-state index contributed by atoms with van der Waals surface area (Å²) in [7, 11) is -4.23. The summed E-state index contributed by atoms with van der Waals surface area (Å²) in [5.41, 5.74) is 0. The van der Waals surface area contributed by atoms with Crippen LogP contribution in [0.25, 0.3) is 0 Å². The first-order valence-corrected chi connectivity index (χ1v) is 6.83. The van der Waals surface area contributed by atoms with E-state index < -0.39 is 33.5 Å². The summed E-state index contributed by atoms with van der Waals surface area (Å²) in [6.45, 7) is -0.892. The van der Waals surface area contributed by atoms with Crippen molar-refractivity contribution in [3.63, 3.8) is 0 Å². The van der Waals surface area contributed by atoms with Gasteiger partial charge < -0.3 is 10.2 Å². The Morgan fingerprint density at radius 1 is 1.33 bits per heavy atom. The van der Waals surface area contributed by atoms with E-state index >= 15 is 0 Å². The molecule has 3 N–H and O–H groups in total. The highest BCUT2D eigenvalue weighted by atomic mass is 35.5. The van der Waals surface area contributed by atoms with Crippen LogP contribution in [0.5, 0.6) is 0 Å². The number of benzene rings is 1. The van der Waals surface area contributed by atoms with Gasteiger partial charge in [-0.3, -0.25) is 4.79 Å². The largest absolute Gasteiger partial charge is 0.480 e. The quantitative estimate of drug-likeness (QED) is 0.743. The monoisotopic (exact) mass is 313 g/mol. The van der Waals surface area contributed by atoms with Crippen molar-refractivity contribution in [2.75, 3.05) is 6.61 Å². The number of sulfonamides is 1. The second-order valence-electron chi connectivity index (χ2n) is 3.25. The Bertz CT molecular complexity index is 540. The third-order valence-electron chi connectivity index (χ3n) is 1.97. The van der Waals surface area contributed by atoms with E-state index in [9.17, 15) is 13.2 Å². The molecule has 0 bridgehead atoms. The summed E-state index contributed by atoms with van der Waals surface area (Å²) in [5.74, 6) is -1.51. The van der Waals surface area contributed by atoms with E-state index in [0.717, 1.165) is 0 Å². The number of hydrogen-bond acceptors (Lipinski definition) is 4. The van der Waals surface area contributed by atoms with Crippen LogP contribution in [0.4, 0.5) is 0 Å². The number of aliphatic hydroxyl groups excluding tert-OH is 1. The van der Waals surface area contributed by atoms with Crippen LogP contribution in [0.1, 0.15) is 0 Å². The molecule has 100 valence electrons. The number of carboxylic acids is 1. The van der Waals surface area contributed by atoms with Crippen LogP contribution in [-0.4, -0.2) is 37.2 Å². The fourth-order valence-electron chi connectivity index (χ4n) is 1.15. The van der Waals surface area contributed by atoms with Gasteiger partial charge in [-0.05, 0) is 12.1 Å². The molecule has 0 saturated heterocycles. The molecular formula is C9H9Cl2NO5S. The number of carboxylic acid groups (broad SMARTS) is 1. The molecular weight excluding hydrogens is 305 g/mol. The highest BCUT2D eigenvalue weighted by molar-refractivity contribution is 7.89. The van der Waals surface area contributed by atoms with Crippen LogP contribution in [0.3, 0.4) is 0 Å². The Kier molecular flexibility index (Phi) is 4.94. The zero-order chi connectivity index (χ0) is 13.9. The number of hydrogen-bond donors (Lipinski definition) is 3. The van der Waals surface area contributed by atoms with Crippen molar-refractivity contribution in [3.8, 4) is 0 Å². The first-order chi connectivity index (χ1) is 8.29. The van der Waals surface area contributed by atoms with Crippen LogP contribution < -0.4 is 4.72 Å². The summed E-state index contributed by atoms with van der Waals surface area (Å²) in [6, 6.07) is 2.39. The fourth-order valence-corrected chi connectivity index (χ4v) is 3.48. The van der Waals surface area contributed by atoms with Crippen molar-refractivity contribution in [2.45, 2.75) is 10.9 Å². The van der Waals surface area contributed by atoms with Gasteiger partial charge in [0.05, 0.1) is 16.7 Å². The maximum absolute atomic E-state index is 11.9. The summed E-state index contributed by atoms with van der Waals surface area (Å²) in [4.78, 5) is 10.2. The molecule has 0 fully saturated rings. The molecule has 0 spiro atoms. The SMILES string of the molecule is O=C(O)[C@H](CO)NS(=O)(=O)c1c(Cl)cccc1Cl. The third-order valence-corrected chi connectivity index (χ3v) is 4.39. The van der Waals surface area contributed by atoms with Gasteiger partial charge in [-0.25, -0.2) is 8.42 Å². The van der Waals surface area contributed by atoms with Gasteiger partial charge in [0.1, 0.15) is 10.9 Å². The van der Waals surface area contributed by atoms with Gasteiger partial charge in [-0.15, -0.1) is 0 Å². The van der Waals surface area contributed by atoms with Gasteiger partial charge in [-0.2, -0.15) is 4.72 Å². The van der Waals surface area contributed by atoms with Crippen LogP contribution in [-0.2, 0) is 14.8 Å². The predicted octanol–water partition coefficient (Wildman–Crippen LogP) is 0.717. The van der Waals surface area contributed by atoms with Crippen LogP contribution >= 0.6 is 23.2 Å². The number of nitrogens with one attached hydrogen (secondary N) is 1. The van der Waals surface area contributed by atoms with Gasteiger partial charge >= 0.3 is 5.97 Å². The van der Waals surface area contributed by atoms with Gasteiger partial charge in [0.15, 0.2) is 0 Å². The molecule has 1 aromatic carbocycles. The van der Waals surface area contributed by atoms with Gasteiger partial charge in [0.25, 0.3) is 0 Å². The van der Waals surface area contributed by atoms with E-state index in [0.29, 0.717) is 0 Å². The van der Waals surface area contributed by atoms with Crippen LogP contribution in [0.15, 0.2) is 23.1 Å². The number of halogens is 2. The second-order valence-corrected chi connectivity index (χ2v) is 5.71. The Morgan fingerprint density at radius 2 is 1.83 bits per heavy atom. The minimum Gasteiger partial charge on any atom is -0.480 e. The second kappa shape index (κ2) is 5.85. The number of carbonyl (C=O) groups is 1. The van der Waals surface area contributed by atoms with Gasteiger partial charge in [0, 0.05) is 0 Å². The Morgan fingerprint density at radius 3 is 2.22 bits per heavy atom. The maximum Gasteiger partial charge on any atom is 0.324 e. The molecule has 6 nitrogen and oxygen atoms in total. The molecule has 9 heteroatoms. The highest BCUT2D eigenvalue weighted by Crippen LogP contribution is 2.28. The molecule has 0 amide bonds. The van der Waals surface area contributed by atoms with E-state index in [-0.39, 0.29) is 10.0 Å². The third kappa shape index (κ3) is 3.33. The molecule has 1 rings (SSSR count). The van der Waals surface area contributed by atoms with E-state index in [1.165, 1.54) is 18.2 Å². The van der Waals surface area contributed by atoms with E-state index in [2.05, 4.69) is 0 Å². The average Bonchev–Trinajstić information content (AvgIpc) is 2.25. The van der Waals surface area contributed by atoms with E-state index in [1.807, 2.05) is 0 Å². The van der Waals surface area contributed by atoms with Crippen molar-refractivity contribution in [1.82, 2.24) is 4.72 Å². The van der Waals surface area contributed by atoms with Gasteiger partial charge in [-0.1, -0.05) is 29.3 Å². The molecule has 0 radical (unpaired) electrons. The Balaban J connectivity index is 3.19. The standard InChI is InChI=1S/C9H9Cl2NO5S/c10-5-2-1-3-6(11)8(5)18(16,17)12-7(4-13)9(14)15/h1-3,7,12-13H,4H2,(H,14,15)/t7-/m0/s1. The van der Waals surface area contributed by atoms with Gasteiger partial charge in [0.2, 0.25) is 10.0 Å². The first kappa shape index (κ1) is 15.2. The van der Waals surface area contributed by atoms with Crippen molar-refractivity contribution < 1.29 is 23.4 Å². The van der Waals surface area contributed by atoms with Crippen LogP contribution in [0.2, 0.25) is 10.0 Å². The lowest BCUT2D eigenvalue weighted by atomic mass is 10.3. The topological polar surface area (TPSA) is 104 Å². The zero-order valence-electron chi connectivity index (χ0n) is 8.80. The zero-order valence-corrected chi connectivity index (χ0v) is 11.1. The number of aliphatic hydroxyl groups is 1. The van der Waals surface area contributed by atoms with Crippen LogP contribution in [0, 0.1) is 0 Å². The molecule has 0 saturated carbocycles. The van der Waals surface area contributed by atoms with E-state index in [4.69, 9.17) is 33.4 Å².